The fraction of sp³-hybridized carbons (Fsp3) is 0.625. The van der Waals surface area contributed by atoms with Gasteiger partial charge >= 0.3 is 0 Å². The van der Waals surface area contributed by atoms with Crippen molar-refractivity contribution in [3.8, 4) is 11.5 Å². The zero-order chi connectivity index (χ0) is 13.8. The van der Waals surface area contributed by atoms with Crippen molar-refractivity contribution in [1.82, 2.24) is 5.32 Å². The molecule has 0 bridgehead atoms. The fourth-order valence-corrected chi connectivity index (χ4v) is 2.88. The molecule has 0 spiro atoms. The Bertz CT molecular complexity index is 411. The molecule has 0 amide bonds. The second-order valence-electron chi connectivity index (χ2n) is 6.00. The predicted octanol–water partition coefficient (Wildman–Crippen LogP) is 3.57. The van der Waals surface area contributed by atoms with Gasteiger partial charge in [-0.2, -0.15) is 0 Å². The Morgan fingerprint density at radius 1 is 1.21 bits per heavy atom. The molecule has 106 valence electrons. The maximum absolute atomic E-state index is 9.83. The topological polar surface area (TPSA) is 52.5 Å². The Balaban J connectivity index is 1.87. The Labute approximate surface area is 115 Å². The third-order valence-electron chi connectivity index (χ3n) is 4.33. The van der Waals surface area contributed by atoms with Gasteiger partial charge in [-0.3, -0.25) is 0 Å². The van der Waals surface area contributed by atoms with E-state index in [1.807, 2.05) is 6.92 Å². The van der Waals surface area contributed by atoms with Crippen molar-refractivity contribution in [2.75, 3.05) is 6.54 Å². The van der Waals surface area contributed by atoms with Gasteiger partial charge in [-0.25, -0.2) is 0 Å². The van der Waals surface area contributed by atoms with Crippen LogP contribution < -0.4 is 5.32 Å². The van der Waals surface area contributed by atoms with Crippen LogP contribution in [0.5, 0.6) is 11.5 Å². The lowest BCUT2D eigenvalue weighted by Crippen LogP contribution is -2.28. The second-order valence-corrected chi connectivity index (χ2v) is 6.00. The number of benzene rings is 1. The van der Waals surface area contributed by atoms with Crippen LogP contribution in [0.3, 0.4) is 0 Å². The van der Waals surface area contributed by atoms with Crippen molar-refractivity contribution in [2.24, 2.45) is 11.8 Å². The molecule has 3 nitrogen and oxygen atoms in total. The van der Waals surface area contributed by atoms with Crippen molar-refractivity contribution in [3.05, 3.63) is 23.8 Å². The number of aromatic hydroxyl groups is 2. The lowest BCUT2D eigenvalue weighted by molar-refractivity contribution is 0.275. The minimum Gasteiger partial charge on any atom is -0.508 e. The first-order valence-corrected chi connectivity index (χ1v) is 7.31. The zero-order valence-corrected chi connectivity index (χ0v) is 11.9. The summed E-state index contributed by atoms with van der Waals surface area (Å²) in [6.45, 7) is 5.35. The average molecular weight is 263 g/mol. The molecule has 0 heterocycles. The summed E-state index contributed by atoms with van der Waals surface area (Å²) in [5, 5.41) is 22.8. The molecular formula is C16H25NO2. The third kappa shape index (κ3) is 3.87. The summed E-state index contributed by atoms with van der Waals surface area (Å²) in [6.07, 6.45) is 5.26. The monoisotopic (exact) mass is 263 g/mol. The maximum Gasteiger partial charge on any atom is 0.120 e. The zero-order valence-electron chi connectivity index (χ0n) is 11.9. The van der Waals surface area contributed by atoms with E-state index in [-0.39, 0.29) is 17.5 Å². The largest absolute Gasteiger partial charge is 0.508 e. The van der Waals surface area contributed by atoms with Crippen molar-refractivity contribution in [3.63, 3.8) is 0 Å². The van der Waals surface area contributed by atoms with Crippen LogP contribution in [0.15, 0.2) is 18.2 Å². The highest BCUT2D eigenvalue weighted by Gasteiger charge is 2.19. The Kier molecular flexibility index (Phi) is 4.70. The quantitative estimate of drug-likeness (QED) is 0.728. The molecule has 1 atom stereocenters. The Hall–Kier alpha value is -1.22. The molecule has 0 saturated heterocycles. The minimum absolute atomic E-state index is 0.0615. The first-order valence-electron chi connectivity index (χ1n) is 7.31. The number of hydrogen-bond acceptors (Lipinski definition) is 3. The number of nitrogens with one attached hydrogen (secondary N) is 1. The third-order valence-corrected chi connectivity index (χ3v) is 4.33. The molecule has 19 heavy (non-hydrogen) atoms. The number of rotatable bonds is 4. The van der Waals surface area contributed by atoms with Crippen molar-refractivity contribution in [1.29, 1.82) is 0 Å². The van der Waals surface area contributed by atoms with Crippen molar-refractivity contribution in [2.45, 2.75) is 45.6 Å². The molecule has 1 fully saturated rings. The summed E-state index contributed by atoms with van der Waals surface area (Å²) < 4.78 is 0. The molecule has 1 aromatic carbocycles. The van der Waals surface area contributed by atoms with Gasteiger partial charge in [0.1, 0.15) is 11.5 Å². The van der Waals surface area contributed by atoms with E-state index in [4.69, 9.17) is 0 Å². The van der Waals surface area contributed by atoms with Gasteiger partial charge in [-0.15, -0.1) is 0 Å². The lowest BCUT2D eigenvalue weighted by atomic mass is 9.83. The highest BCUT2D eigenvalue weighted by molar-refractivity contribution is 5.40. The normalized spacial score (nSPS) is 25.2. The van der Waals surface area contributed by atoms with Gasteiger partial charge < -0.3 is 15.5 Å². The first-order chi connectivity index (χ1) is 9.06. The summed E-state index contributed by atoms with van der Waals surface area (Å²) in [4.78, 5) is 0. The number of hydrogen-bond donors (Lipinski definition) is 3. The van der Waals surface area contributed by atoms with Gasteiger partial charge in [0.2, 0.25) is 0 Å². The first kappa shape index (κ1) is 14.2. The maximum atomic E-state index is 9.83. The van der Waals surface area contributed by atoms with Crippen LogP contribution in [-0.4, -0.2) is 16.8 Å². The van der Waals surface area contributed by atoms with Gasteiger partial charge in [0.25, 0.3) is 0 Å². The molecule has 3 heteroatoms. The number of phenolic OH excluding ortho intramolecular Hbond substituents is 2. The second kappa shape index (κ2) is 6.29. The van der Waals surface area contributed by atoms with Crippen LogP contribution in [0, 0.1) is 11.8 Å². The summed E-state index contributed by atoms with van der Waals surface area (Å²) in [5.41, 5.74) is 0.768. The van der Waals surface area contributed by atoms with E-state index < -0.39 is 0 Å². The molecular weight excluding hydrogens is 238 g/mol. The van der Waals surface area contributed by atoms with Crippen LogP contribution in [-0.2, 0) is 0 Å². The van der Waals surface area contributed by atoms with Crippen LogP contribution in [0.2, 0.25) is 0 Å². The molecule has 3 N–H and O–H groups in total. The van der Waals surface area contributed by atoms with E-state index in [0.29, 0.717) is 0 Å². The standard InChI is InChI=1S/C16H25NO2/c1-11-3-5-13(6-4-11)10-17-12(2)15-9-14(18)7-8-16(15)19/h7-9,11-13,17-19H,3-6,10H2,1-2H3. The summed E-state index contributed by atoms with van der Waals surface area (Å²) in [5.74, 6) is 2.07. The van der Waals surface area contributed by atoms with Gasteiger partial charge in [-0.1, -0.05) is 19.8 Å². The van der Waals surface area contributed by atoms with Gasteiger partial charge in [0.15, 0.2) is 0 Å². The minimum atomic E-state index is 0.0615. The van der Waals surface area contributed by atoms with Gasteiger partial charge in [0, 0.05) is 11.6 Å². The molecule has 1 saturated carbocycles. The molecule has 0 aromatic heterocycles. The van der Waals surface area contributed by atoms with E-state index >= 15 is 0 Å². The molecule has 1 unspecified atom stereocenters. The highest BCUT2D eigenvalue weighted by Crippen LogP contribution is 2.30. The van der Waals surface area contributed by atoms with E-state index in [2.05, 4.69) is 12.2 Å². The number of phenols is 2. The SMILES string of the molecule is CC1CCC(CNC(C)c2cc(O)ccc2O)CC1. The Morgan fingerprint density at radius 2 is 1.89 bits per heavy atom. The van der Waals surface area contributed by atoms with Crippen molar-refractivity contribution >= 4 is 0 Å². The van der Waals surface area contributed by atoms with Crippen LogP contribution >= 0.6 is 0 Å². The molecule has 2 rings (SSSR count). The Morgan fingerprint density at radius 3 is 2.58 bits per heavy atom. The van der Waals surface area contributed by atoms with E-state index in [1.165, 1.54) is 31.7 Å². The molecule has 0 aliphatic heterocycles. The summed E-state index contributed by atoms with van der Waals surface area (Å²) >= 11 is 0. The van der Waals surface area contributed by atoms with Gasteiger partial charge in [-0.05, 0) is 56.3 Å². The van der Waals surface area contributed by atoms with Crippen LogP contribution in [0.25, 0.3) is 0 Å². The molecule has 0 radical (unpaired) electrons. The highest BCUT2D eigenvalue weighted by atomic mass is 16.3. The molecule has 1 aromatic rings. The van der Waals surface area contributed by atoms with E-state index in [9.17, 15) is 10.2 Å². The van der Waals surface area contributed by atoms with Gasteiger partial charge in [0.05, 0.1) is 0 Å². The average Bonchev–Trinajstić information content (AvgIpc) is 2.40. The van der Waals surface area contributed by atoms with Crippen LogP contribution in [0.4, 0.5) is 0 Å². The molecule has 1 aliphatic rings. The molecule has 1 aliphatic carbocycles. The predicted molar refractivity (Wildman–Crippen MR) is 77.3 cm³/mol. The van der Waals surface area contributed by atoms with E-state index in [1.54, 1.807) is 12.1 Å². The fourth-order valence-electron chi connectivity index (χ4n) is 2.88. The summed E-state index contributed by atoms with van der Waals surface area (Å²) in [7, 11) is 0. The lowest BCUT2D eigenvalue weighted by Gasteiger charge is -2.27. The summed E-state index contributed by atoms with van der Waals surface area (Å²) in [6, 6.07) is 4.75. The van der Waals surface area contributed by atoms with Crippen LogP contribution in [0.1, 0.15) is 51.1 Å². The van der Waals surface area contributed by atoms with Crippen molar-refractivity contribution < 1.29 is 10.2 Å². The smallest absolute Gasteiger partial charge is 0.120 e. The van der Waals surface area contributed by atoms with E-state index in [0.717, 1.165) is 23.9 Å².